The summed E-state index contributed by atoms with van der Waals surface area (Å²) in [6.45, 7) is 0.669. The average molecular weight is 404 g/mol. The molecule has 0 atom stereocenters. The van der Waals surface area contributed by atoms with Gasteiger partial charge in [0.25, 0.3) is 5.91 Å². The zero-order chi connectivity index (χ0) is 21.1. The summed E-state index contributed by atoms with van der Waals surface area (Å²) in [5.74, 6) is 0.124. The number of nitrogens with one attached hydrogen (secondary N) is 1. The zero-order valence-corrected chi connectivity index (χ0v) is 16.5. The molecule has 0 spiro atoms. The summed E-state index contributed by atoms with van der Waals surface area (Å²) in [5, 5.41) is 2.89. The number of benzene rings is 3. The van der Waals surface area contributed by atoms with Gasteiger partial charge in [-0.2, -0.15) is 0 Å². The van der Waals surface area contributed by atoms with Gasteiger partial charge in [-0.1, -0.05) is 24.3 Å². The maximum atomic E-state index is 13.5. The largest absolute Gasteiger partial charge is 0.497 e. The fourth-order valence-corrected chi connectivity index (χ4v) is 3.58. The molecular weight excluding hydrogens is 383 g/mol. The lowest BCUT2D eigenvalue weighted by Gasteiger charge is -2.18. The van der Waals surface area contributed by atoms with Crippen molar-refractivity contribution in [3.8, 4) is 5.75 Å². The molecule has 0 radical (unpaired) electrons. The normalized spacial score (nSPS) is 12.6. The lowest BCUT2D eigenvalue weighted by molar-refractivity contribution is -0.117. The van der Waals surface area contributed by atoms with E-state index in [1.54, 1.807) is 42.3 Å². The Labute approximate surface area is 174 Å². The summed E-state index contributed by atoms with van der Waals surface area (Å²) in [4.78, 5) is 26.7. The zero-order valence-electron chi connectivity index (χ0n) is 16.5. The van der Waals surface area contributed by atoms with Crippen molar-refractivity contribution in [3.05, 3.63) is 94.8 Å². The van der Waals surface area contributed by atoms with Crippen LogP contribution in [0, 0.1) is 5.82 Å². The topological polar surface area (TPSA) is 58.6 Å². The van der Waals surface area contributed by atoms with E-state index < -0.39 is 0 Å². The third kappa shape index (κ3) is 4.17. The van der Waals surface area contributed by atoms with E-state index in [2.05, 4.69) is 5.32 Å². The molecule has 2 amide bonds. The van der Waals surface area contributed by atoms with Gasteiger partial charge in [0.2, 0.25) is 5.91 Å². The molecule has 0 unspecified atom stereocenters. The number of rotatable bonds is 6. The van der Waals surface area contributed by atoms with E-state index in [9.17, 15) is 14.0 Å². The Morgan fingerprint density at radius 1 is 1.07 bits per heavy atom. The van der Waals surface area contributed by atoms with E-state index in [0.717, 1.165) is 28.1 Å². The molecule has 1 heterocycles. The minimum Gasteiger partial charge on any atom is -0.497 e. The van der Waals surface area contributed by atoms with Gasteiger partial charge in [-0.15, -0.1) is 0 Å². The van der Waals surface area contributed by atoms with Crippen LogP contribution >= 0.6 is 0 Å². The van der Waals surface area contributed by atoms with Crippen molar-refractivity contribution in [2.24, 2.45) is 0 Å². The monoisotopic (exact) mass is 404 g/mol. The highest BCUT2D eigenvalue weighted by molar-refractivity contribution is 6.03. The standard InChI is InChI=1S/C24H21FN2O3/c1-30-21-7-3-4-16(11-21)14-26-24(29)18-8-9-22-19(12-18)13-23(28)27(22)15-17-5-2-6-20(25)10-17/h2-12H,13-15H2,1H3,(H,26,29). The number of fused-ring (bicyclic) bond motifs is 1. The maximum Gasteiger partial charge on any atom is 0.251 e. The van der Waals surface area contributed by atoms with Crippen LogP contribution in [0.5, 0.6) is 5.75 Å². The van der Waals surface area contributed by atoms with Crippen LogP contribution in [0.1, 0.15) is 27.0 Å². The van der Waals surface area contributed by atoms with E-state index in [4.69, 9.17) is 4.74 Å². The van der Waals surface area contributed by atoms with Crippen LogP contribution in [0.2, 0.25) is 0 Å². The molecule has 0 aromatic heterocycles. The summed E-state index contributed by atoms with van der Waals surface area (Å²) in [7, 11) is 1.60. The molecule has 0 aliphatic carbocycles. The lowest BCUT2D eigenvalue weighted by Crippen LogP contribution is -2.26. The first kappa shape index (κ1) is 19.6. The number of anilines is 1. The highest BCUT2D eigenvalue weighted by Gasteiger charge is 2.28. The second-order valence-corrected chi connectivity index (χ2v) is 7.16. The van der Waals surface area contributed by atoms with E-state index >= 15 is 0 Å². The third-order valence-electron chi connectivity index (χ3n) is 5.09. The summed E-state index contributed by atoms with van der Waals surface area (Å²) in [6, 6.07) is 18.9. The first-order valence-corrected chi connectivity index (χ1v) is 9.62. The molecule has 5 nitrogen and oxygen atoms in total. The van der Waals surface area contributed by atoms with Crippen LogP contribution in [0.4, 0.5) is 10.1 Å². The van der Waals surface area contributed by atoms with Crippen LogP contribution in [0.15, 0.2) is 66.7 Å². The number of hydrogen-bond donors (Lipinski definition) is 1. The molecule has 0 bridgehead atoms. The molecular formula is C24H21FN2O3. The van der Waals surface area contributed by atoms with E-state index in [1.807, 2.05) is 24.3 Å². The smallest absolute Gasteiger partial charge is 0.251 e. The van der Waals surface area contributed by atoms with Gasteiger partial charge < -0.3 is 15.0 Å². The van der Waals surface area contributed by atoms with Crippen molar-refractivity contribution < 1.29 is 18.7 Å². The highest BCUT2D eigenvalue weighted by atomic mass is 19.1. The molecule has 30 heavy (non-hydrogen) atoms. The van der Waals surface area contributed by atoms with E-state index in [1.165, 1.54) is 12.1 Å². The summed E-state index contributed by atoms with van der Waals surface area (Å²) in [5.41, 5.74) is 3.70. The maximum absolute atomic E-state index is 13.5. The predicted octanol–water partition coefficient (Wildman–Crippen LogP) is 3.85. The predicted molar refractivity (Wildman–Crippen MR) is 112 cm³/mol. The van der Waals surface area contributed by atoms with Gasteiger partial charge in [0.05, 0.1) is 20.1 Å². The number of hydrogen-bond acceptors (Lipinski definition) is 3. The number of nitrogens with zero attached hydrogens (tertiary/aromatic N) is 1. The van der Waals surface area contributed by atoms with Gasteiger partial charge >= 0.3 is 0 Å². The summed E-state index contributed by atoms with van der Waals surface area (Å²) < 4.78 is 18.7. The molecule has 4 rings (SSSR count). The van der Waals surface area contributed by atoms with Crippen molar-refractivity contribution in [2.45, 2.75) is 19.5 Å². The first-order chi connectivity index (χ1) is 14.5. The molecule has 3 aromatic rings. The van der Waals surface area contributed by atoms with Gasteiger partial charge in [-0.3, -0.25) is 9.59 Å². The third-order valence-corrected chi connectivity index (χ3v) is 5.09. The number of amides is 2. The van der Waals surface area contributed by atoms with Gasteiger partial charge in [0.1, 0.15) is 11.6 Å². The van der Waals surface area contributed by atoms with Crippen LogP contribution < -0.4 is 15.0 Å². The second-order valence-electron chi connectivity index (χ2n) is 7.16. The molecule has 6 heteroatoms. The molecule has 0 saturated carbocycles. The number of carbonyl (C=O) groups excluding carboxylic acids is 2. The van der Waals surface area contributed by atoms with Crippen molar-refractivity contribution >= 4 is 17.5 Å². The number of carbonyl (C=O) groups is 2. The van der Waals surface area contributed by atoms with Gasteiger partial charge in [0, 0.05) is 17.8 Å². The SMILES string of the molecule is COc1cccc(CNC(=O)c2ccc3c(c2)CC(=O)N3Cc2cccc(F)c2)c1. The van der Waals surface area contributed by atoms with Crippen LogP contribution in [-0.4, -0.2) is 18.9 Å². The highest BCUT2D eigenvalue weighted by Crippen LogP contribution is 2.31. The number of ether oxygens (including phenoxy) is 1. The van der Waals surface area contributed by atoms with E-state index in [-0.39, 0.29) is 24.1 Å². The van der Waals surface area contributed by atoms with Gasteiger partial charge in [-0.05, 0) is 59.2 Å². The summed E-state index contributed by atoms with van der Waals surface area (Å²) >= 11 is 0. The van der Waals surface area contributed by atoms with Crippen LogP contribution in [0.25, 0.3) is 0 Å². The van der Waals surface area contributed by atoms with Crippen molar-refractivity contribution in [1.29, 1.82) is 0 Å². The molecule has 3 aromatic carbocycles. The van der Waals surface area contributed by atoms with Crippen molar-refractivity contribution in [3.63, 3.8) is 0 Å². The number of methoxy groups -OCH3 is 1. The van der Waals surface area contributed by atoms with Gasteiger partial charge in [-0.25, -0.2) is 4.39 Å². The molecule has 1 aliphatic rings. The Morgan fingerprint density at radius 3 is 2.67 bits per heavy atom. The fraction of sp³-hybridized carbons (Fsp3) is 0.167. The Kier molecular flexibility index (Phi) is 5.48. The minimum atomic E-state index is -0.331. The van der Waals surface area contributed by atoms with Crippen LogP contribution in [-0.2, 0) is 24.3 Å². The second kappa shape index (κ2) is 8.37. The quantitative estimate of drug-likeness (QED) is 0.679. The molecule has 152 valence electrons. The first-order valence-electron chi connectivity index (χ1n) is 9.62. The van der Waals surface area contributed by atoms with Crippen molar-refractivity contribution in [1.82, 2.24) is 5.32 Å². The Morgan fingerprint density at radius 2 is 1.87 bits per heavy atom. The summed E-state index contributed by atoms with van der Waals surface area (Å²) in [6.07, 6.45) is 0.224. The molecule has 1 aliphatic heterocycles. The Hall–Kier alpha value is -3.67. The Bertz CT molecular complexity index is 1110. The average Bonchev–Trinajstić information content (AvgIpc) is 3.06. The Balaban J connectivity index is 1.46. The van der Waals surface area contributed by atoms with Gasteiger partial charge in [0.15, 0.2) is 0 Å². The lowest BCUT2D eigenvalue weighted by atomic mass is 10.1. The molecule has 0 fully saturated rings. The van der Waals surface area contributed by atoms with E-state index in [0.29, 0.717) is 18.7 Å². The van der Waals surface area contributed by atoms with Crippen molar-refractivity contribution in [2.75, 3.05) is 12.0 Å². The molecule has 0 saturated heterocycles. The van der Waals surface area contributed by atoms with Crippen LogP contribution in [0.3, 0.4) is 0 Å². The molecule has 1 N–H and O–H groups in total. The minimum absolute atomic E-state index is 0.0665. The fourth-order valence-electron chi connectivity index (χ4n) is 3.58. The number of halogens is 1.